The van der Waals surface area contributed by atoms with Gasteiger partial charge in [-0.3, -0.25) is 4.79 Å². The summed E-state index contributed by atoms with van der Waals surface area (Å²) in [5, 5.41) is 11.6. The summed E-state index contributed by atoms with van der Waals surface area (Å²) >= 11 is 5.79. The third-order valence-corrected chi connectivity index (χ3v) is 2.74. The minimum Gasteiger partial charge on any atom is -0.478 e. The summed E-state index contributed by atoms with van der Waals surface area (Å²) in [6.07, 6.45) is 1.31. The van der Waals surface area contributed by atoms with Gasteiger partial charge in [0.2, 0.25) is 5.91 Å². The number of carbonyl (C=O) groups is 2. The van der Waals surface area contributed by atoms with Crippen LogP contribution in [-0.2, 0) is 4.79 Å². The predicted octanol–water partition coefficient (Wildman–Crippen LogP) is 2.10. The van der Waals surface area contributed by atoms with E-state index in [9.17, 15) is 9.59 Å². The normalized spacial score (nSPS) is 11.9. The van der Waals surface area contributed by atoms with Crippen LogP contribution >= 0.6 is 11.6 Å². The van der Waals surface area contributed by atoms with E-state index in [1.165, 1.54) is 12.1 Å². The molecule has 18 heavy (non-hydrogen) atoms. The number of amides is 1. The average Bonchev–Trinajstić information content (AvgIpc) is 2.28. The summed E-state index contributed by atoms with van der Waals surface area (Å²) < 4.78 is 0. The van der Waals surface area contributed by atoms with Gasteiger partial charge >= 0.3 is 5.97 Å². The lowest BCUT2D eigenvalue weighted by atomic mass is 10.1. The molecule has 0 heterocycles. The molecular weight excluding hydrogens is 256 g/mol. The highest BCUT2D eigenvalue weighted by Crippen LogP contribution is 2.24. The maximum absolute atomic E-state index is 11.7. The fourth-order valence-corrected chi connectivity index (χ4v) is 1.77. The van der Waals surface area contributed by atoms with Crippen molar-refractivity contribution in [2.24, 2.45) is 5.73 Å². The molecule has 0 saturated heterocycles. The lowest BCUT2D eigenvalue weighted by Crippen LogP contribution is -2.35. The summed E-state index contributed by atoms with van der Waals surface area (Å²) in [5.41, 5.74) is 5.68. The quantitative estimate of drug-likeness (QED) is 0.764. The predicted molar refractivity (Wildman–Crippen MR) is 69.9 cm³/mol. The van der Waals surface area contributed by atoms with Gasteiger partial charge in [-0.05, 0) is 18.6 Å². The molecule has 0 aliphatic carbocycles. The van der Waals surface area contributed by atoms with Crippen LogP contribution in [0.5, 0.6) is 0 Å². The van der Waals surface area contributed by atoms with Crippen LogP contribution in [0.4, 0.5) is 5.69 Å². The Hall–Kier alpha value is -1.59. The molecular formula is C12H15ClN2O3. The molecule has 0 unspecified atom stereocenters. The first-order valence-electron chi connectivity index (χ1n) is 5.55. The van der Waals surface area contributed by atoms with E-state index in [4.69, 9.17) is 22.4 Å². The Bertz CT molecular complexity index is 463. The fourth-order valence-electron chi connectivity index (χ4n) is 1.51. The molecule has 6 heteroatoms. The SMILES string of the molecule is CCC[C@@H](N)C(=O)Nc1cccc(Cl)c1C(=O)O. The Morgan fingerprint density at radius 1 is 1.50 bits per heavy atom. The first-order chi connectivity index (χ1) is 8.47. The number of halogens is 1. The lowest BCUT2D eigenvalue weighted by Gasteiger charge is -2.13. The largest absolute Gasteiger partial charge is 0.478 e. The Morgan fingerprint density at radius 3 is 2.72 bits per heavy atom. The summed E-state index contributed by atoms with van der Waals surface area (Å²) in [6, 6.07) is 3.84. The summed E-state index contributed by atoms with van der Waals surface area (Å²) in [5.74, 6) is -1.61. The smallest absolute Gasteiger partial charge is 0.339 e. The molecule has 4 N–H and O–H groups in total. The van der Waals surface area contributed by atoms with Crippen molar-refractivity contribution < 1.29 is 14.7 Å². The zero-order chi connectivity index (χ0) is 13.7. The van der Waals surface area contributed by atoms with E-state index in [1.807, 2.05) is 6.92 Å². The van der Waals surface area contributed by atoms with Crippen LogP contribution in [0.2, 0.25) is 5.02 Å². The van der Waals surface area contributed by atoms with Crippen molar-refractivity contribution in [3.05, 3.63) is 28.8 Å². The maximum atomic E-state index is 11.7. The van der Waals surface area contributed by atoms with Gasteiger partial charge in [-0.25, -0.2) is 4.79 Å². The van der Waals surface area contributed by atoms with Gasteiger partial charge in [0.1, 0.15) is 5.56 Å². The maximum Gasteiger partial charge on any atom is 0.339 e. The molecule has 98 valence electrons. The summed E-state index contributed by atoms with van der Waals surface area (Å²) in [6.45, 7) is 1.91. The van der Waals surface area contributed by atoms with Gasteiger partial charge in [0.25, 0.3) is 0 Å². The van der Waals surface area contributed by atoms with Crippen LogP contribution in [0.1, 0.15) is 30.1 Å². The monoisotopic (exact) mass is 270 g/mol. The fraction of sp³-hybridized carbons (Fsp3) is 0.333. The number of carboxylic acids is 1. The van der Waals surface area contributed by atoms with Crippen LogP contribution in [0, 0.1) is 0 Å². The second-order valence-corrected chi connectivity index (χ2v) is 4.26. The van der Waals surface area contributed by atoms with E-state index < -0.39 is 17.9 Å². The van der Waals surface area contributed by atoms with E-state index in [-0.39, 0.29) is 16.3 Å². The van der Waals surface area contributed by atoms with Crippen LogP contribution < -0.4 is 11.1 Å². The molecule has 1 atom stereocenters. The number of carboxylic acid groups (broad SMARTS) is 1. The molecule has 1 amide bonds. The number of aromatic carboxylic acids is 1. The van der Waals surface area contributed by atoms with Gasteiger partial charge in [0.05, 0.1) is 16.8 Å². The van der Waals surface area contributed by atoms with Gasteiger partial charge in [-0.15, -0.1) is 0 Å². The van der Waals surface area contributed by atoms with Gasteiger partial charge in [0.15, 0.2) is 0 Å². The van der Waals surface area contributed by atoms with Crippen molar-refractivity contribution in [1.29, 1.82) is 0 Å². The van der Waals surface area contributed by atoms with Crippen molar-refractivity contribution in [1.82, 2.24) is 0 Å². The molecule has 0 spiro atoms. The third kappa shape index (κ3) is 3.45. The minimum atomic E-state index is -1.19. The van der Waals surface area contributed by atoms with Crippen LogP contribution in [0.3, 0.4) is 0 Å². The number of hydrogen-bond acceptors (Lipinski definition) is 3. The number of hydrogen-bond donors (Lipinski definition) is 3. The molecule has 5 nitrogen and oxygen atoms in total. The molecule has 0 bridgehead atoms. The van der Waals surface area contributed by atoms with Crippen LogP contribution in [0.15, 0.2) is 18.2 Å². The number of carbonyl (C=O) groups excluding carboxylic acids is 1. The second-order valence-electron chi connectivity index (χ2n) is 3.85. The molecule has 0 aliphatic heterocycles. The molecule has 0 fully saturated rings. The Balaban J connectivity index is 2.94. The topological polar surface area (TPSA) is 92.4 Å². The van der Waals surface area contributed by atoms with E-state index in [2.05, 4.69) is 5.32 Å². The zero-order valence-electron chi connectivity index (χ0n) is 9.94. The van der Waals surface area contributed by atoms with Crippen molar-refractivity contribution in [2.45, 2.75) is 25.8 Å². The molecule has 0 aromatic heterocycles. The number of rotatable bonds is 5. The van der Waals surface area contributed by atoms with E-state index >= 15 is 0 Å². The summed E-state index contributed by atoms with van der Waals surface area (Å²) in [7, 11) is 0. The first-order valence-corrected chi connectivity index (χ1v) is 5.93. The average molecular weight is 271 g/mol. The highest BCUT2D eigenvalue weighted by molar-refractivity contribution is 6.34. The lowest BCUT2D eigenvalue weighted by molar-refractivity contribution is -0.117. The van der Waals surface area contributed by atoms with Crippen molar-refractivity contribution in [3.8, 4) is 0 Å². The second kappa shape index (κ2) is 6.37. The van der Waals surface area contributed by atoms with Crippen molar-refractivity contribution in [3.63, 3.8) is 0 Å². The van der Waals surface area contributed by atoms with Gasteiger partial charge in [-0.2, -0.15) is 0 Å². The number of anilines is 1. The zero-order valence-corrected chi connectivity index (χ0v) is 10.7. The minimum absolute atomic E-state index is 0.0735. The van der Waals surface area contributed by atoms with E-state index in [0.29, 0.717) is 6.42 Å². The standard InChI is InChI=1S/C12H15ClN2O3/c1-2-4-8(14)11(16)15-9-6-3-5-7(13)10(9)12(17)18/h3,5-6,8H,2,4,14H2,1H3,(H,15,16)(H,17,18)/t8-/m1/s1. The summed E-state index contributed by atoms with van der Waals surface area (Å²) in [4.78, 5) is 22.8. The molecule has 0 saturated carbocycles. The first kappa shape index (κ1) is 14.5. The third-order valence-electron chi connectivity index (χ3n) is 2.42. The number of nitrogens with one attached hydrogen (secondary N) is 1. The van der Waals surface area contributed by atoms with Crippen LogP contribution in [-0.4, -0.2) is 23.0 Å². The molecule has 1 rings (SSSR count). The van der Waals surface area contributed by atoms with Gasteiger partial charge in [-0.1, -0.05) is 31.0 Å². The van der Waals surface area contributed by atoms with Crippen molar-refractivity contribution >= 4 is 29.2 Å². The Morgan fingerprint density at radius 2 is 2.17 bits per heavy atom. The molecule has 0 aliphatic rings. The van der Waals surface area contributed by atoms with E-state index in [0.717, 1.165) is 6.42 Å². The highest BCUT2D eigenvalue weighted by atomic mass is 35.5. The van der Waals surface area contributed by atoms with Crippen molar-refractivity contribution in [2.75, 3.05) is 5.32 Å². The number of benzene rings is 1. The van der Waals surface area contributed by atoms with Gasteiger partial charge < -0.3 is 16.2 Å². The van der Waals surface area contributed by atoms with Gasteiger partial charge in [0, 0.05) is 0 Å². The molecule has 0 radical (unpaired) electrons. The highest BCUT2D eigenvalue weighted by Gasteiger charge is 2.18. The van der Waals surface area contributed by atoms with Crippen LogP contribution in [0.25, 0.3) is 0 Å². The Kier molecular flexibility index (Phi) is 5.12. The molecule has 1 aromatic carbocycles. The van der Waals surface area contributed by atoms with E-state index in [1.54, 1.807) is 6.07 Å². The Labute approximate surface area is 110 Å². The molecule has 1 aromatic rings. The number of nitrogens with two attached hydrogens (primary N) is 1.